The van der Waals surface area contributed by atoms with Crippen LogP contribution in [0.5, 0.6) is 17.2 Å². The van der Waals surface area contributed by atoms with Crippen molar-refractivity contribution >= 4 is 10.8 Å². The minimum atomic E-state index is 0.231. The lowest BCUT2D eigenvalue weighted by molar-refractivity contribution is 0.458. The second-order valence-corrected chi connectivity index (χ2v) is 4.45. The van der Waals surface area contributed by atoms with Gasteiger partial charge in [-0.15, -0.1) is 0 Å². The Bertz CT molecular complexity index is 775. The number of rotatable bonds is 0. The van der Waals surface area contributed by atoms with Gasteiger partial charge in [0.2, 0.25) is 0 Å². The molecule has 0 bridgehead atoms. The Kier molecular flexibility index (Phi) is 1.73. The smallest absolute Gasteiger partial charge is 0.139 e. The van der Waals surface area contributed by atoms with E-state index in [1.807, 2.05) is 30.3 Å². The highest BCUT2D eigenvalue weighted by Crippen LogP contribution is 2.47. The van der Waals surface area contributed by atoms with Crippen LogP contribution in [0.2, 0.25) is 0 Å². The van der Waals surface area contributed by atoms with Gasteiger partial charge in [0.25, 0.3) is 0 Å². The molecule has 0 atom stereocenters. The molecule has 1 N–H and O–H groups in total. The molecule has 0 aromatic heterocycles. The third-order valence-corrected chi connectivity index (χ3v) is 3.32. The average molecular weight is 234 g/mol. The molecular weight excluding hydrogens is 224 g/mol. The van der Waals surface area contributed by atoms with Crippen LogP contribution in [0, 0.1) is 0 Å². The van der Waals surface area contributed by atoms with Crippen molar-refractivity contribution < 1.29 is 9.84 Å². The van der Waals surface area contributed by atoms with Gasteiger partial charge in [-0.1, -0.05) is 36.4 Å². The van der Waals surface area contributed by atoms with Crippen molar-refractivity contribution in [2.45, 2.75) is 0 Å². The monoisotopic (exact) mass is 234 g/mol. The summed E-state index contributed by atoms with van der Waals surface area (Å²) in [4.78, 5) is 0. The Morgan fingerprint density at radius 3 is 2.56 bits per heavy atom. The second-order valence-electron chi connectivity index (χ2n) is 4.45. The van der Waals surface area contributed by atoms with Crippen LogP contribution in [0.15, 0.2) is 54.6 Å². The molecule has 0 radical (unpaired) electrons. The number of aromatic hydroxyl groups is 1. The number of hydrogen-bond acceptors (Lipinski definition) is 2. The number of fused-ring (bicyclic) bond motifs is 2. The molecule has 0 saturated carbocycles. The SMILES string of the molecule is Oc1cc2c3c(cccc3c1)-c1ccccc1O2. The molecule has 0 amide bonds. The molecule has 1 aliphatic heterocycles. The largest absolute Gasteiger partial charge is 0.508 e. The molecule has 0 unspecified atom stereocenters. The molecule has 2 nitrogen and oxygen atoms in total. The predicted octanol–water partition coefficient (Wildman–Crippen LogP) is 4.32. The lowest BCUT2D eigenvalue weighted by atomic mass is 9.95. The van der Waals surface area contributed by atoms with Gasteiger partial charge < -0.3 is 9.84 Å². The van der Waals surface area contributed by atoms with Gasteiger partial charge in [-0.3, -0.25) is 0 Å². The maximum Gasteiger partial charge on any atom is 0.139 e. The van der Waals surface area contributed by atoms with Crippen molar-refractivity contribution in [3.63, 3.8) is 0 Å². The first-order valence-electron chi connectivity index (χ1n) is 5.86. The third kappa shape index (κ3) is 1.17. The summed E-state index contributed by atoms with van der Waals surface area (Å²) in [5.41, 5.74) is 2.26. The third-order valence-electron chi connectivity index (χ3n) is 3.32. The van der Waals surface area contributed by atoms with Gasteiger partial charge in [0.05, 0.1) is 0 Å². The summed E-state index contributed by atoms with van der Waals surface area (Å²) < 4.78 is 5.87. The fraction of sp³-hybridized carbons (Fsp3) is 0. The van der Waals surface area contributed by atoms with E-state index in [2.05, 4.69) is 12.1 Å². The Labute approximate surface area is 104 Å². The molecule has 0 saturated heterocycles. The van der Waals surface area contributed by atoms with Gasteiger partial charge in [-0.2, -0.15) is 0 Å². The summed E-state index contributed by atoms with van der Waals surface area (Å²) in [5.74, 6) is 1.79. The van der Waals surface area contributed by atoms with Crippen molar-refractivity contribution in [1.29, 1.82) is 0 Å². The first-order valence-corrected chi connectivity index (χ1v) is 5.86. The Morgan fingerprint density at radius 2 is 1.61 bits per heavy atom. The molecule has 1 heterocycles. The van der Waals surface area contributed by atoms with Crippen LogP contribution in [0.4, 0.5) is 0 Å². The summed E-state index contributed by atoms with van der Waals surface area (Å²) in [5, 5.41) is 11.8. The van der Waals surface area contributed by atoms with Gasteiger partial charge in [0.1, 0.15) is 17.2 Å². The lowest BCUT2D eigenvalue weighted by Gasteiger charge is -2.21. The minimum Gasteiger partial charge on any atom is -0.508 e. The topological polar surface area (TPSA) is 29.5 Å². The van der Waals surface area contributed by atoms with Gasteiger partial charge in [0.15, 0.2) is 0 Å². The quantitative estimate of drug-likeness (QED) is 0.491. The van der Waals surface area contributed by atoms with Crippen LogP contribution in [-0.4, -0.2) is 5.11 Å². The number of phenols is 1. The van der Waals surface area contributed by atoms with Crippen molar-refractivity contribution in [2.24, 2.45) is 0 Å². The highest BCUT2D eigenvalue weighted by molar-refractivity contribution is 6.04. The van der Waals surface area contributed by atoms with Crippen LogP contribution < -0.4 is 4.74 Å². The van der Waals surface area contributed by atoms with E-state index < -0.39 is 0 Å². The summed E-state index contributed by atoms with van der Waals surface area (Å²) in [6.07, 6.45) is 0. The molecule has 18 heavy (non-hydrogen) atoms. The highest BCUT2D eigenvalue weighted by atomic mass is 16.5. The van der Waals surface area contributed by atoms with Crippen LogP contribution in [0.25, 0.3) is 21.9 Å². The van der Waals surface area contributed by atoms with Crippen LogP contribution in [0.3, 0.4) is 0 Å². The van der Waals surface area contributed by atoms with E-state index in [0.29, 0.717) is 0 Å². The van der Waals surface area contributed by atoms with E-state index in [1.54, 1.807) is 12.1 Å². The lowest BCUT2D eigenvalue weighted by Crippen LogP contribution is -1.96. The number of hydrogen-bond donors (Lipinski definition) is 1. The molecule has 1 aliphatic rings. The van der Waals surface area contributed by atoms with Gasteiger partial charge in [-0.05, 0) is 23.1 Å². The van der Waals surface area contributed by atoms with E-state index >= 15 is 0 Å². The summed E-state index contributed by atoms with van der Waals surface area (Å²) in [7, 11) is 0. The molecule has 3 aromatic carbocycles. The molecule has 4 rings (SSSR count). The minimum absolute atomic E-state index is 0.231. The Balaban J connectivity index is 2.20. The normalized spacial score (nSPS) is 12.0. The fourth-order valence-electron chi connectivity index (χ4n) is 2.57. The van der Waals surface area contributed by atoms with Crippen molar-refractivity contribution in [3.05, 3.63) is 54.6 Å². The molecule has 0 fully saturated rings. The Hall–Kier alpha value is -2.48. The number of phenolic OH excluding ortho intramolecular Hbond substituents is 1. The van der Waals surface area contributed by atoms with Gasteiger partial charge in [-0.25, -0.2) is 0 Å². The number of benzene rings is 3. The highest BCUT2D eigenvalue weighted by Gasteiger charge is 2.19. The molecule has 2 heteroatoms. The standard InChI is InChI=1S/C16H10O2/c17-11-8-10-4-3-6-13-12-5-1-2-7-14(12)18-15(9-11)16(10)13/h1-9,17H. The molecule has 86 valence electrons. The summed E-state index contributed by atoms with van der Waals surface area (Å²) in [6, 6.07) is 17.5. The van der Waals surface area contributed by atoms with Gasteiger partial charge >= 0.3 is 0 Å². The zero-order valence-corrected chi connectivity index (χ0v) is 9.55. The maximum atomic E-state index is 9.73. The summed E-state index contributed by atoms with van der Waals surface area (Å²) >= 11 is 0. The predicted molar refractivity (Wildman–Crippen MR) is 71.1 cm³/mol. The van der Waals surface area contributed by atoms with E-state index in [-0.39, 0.29) is 5.75 Å². The number of ether oxygens (including phenoxy) is 1. The zero-order chi connectivity index (χ0) is 12.1. The number of para-hydroxylation sites is 1. The molecule has 3 aromatic rings. The van der Waals surface area contributed by atoms with Gasteiger partial charge in [0, 0.05) is 17.0 Å². The first-order chi connectivity index (χ1) is 8.83. The van der Waals surface area contributed by atoms with E-state index in [0.717, 1.165) is 33.4 Å². The van der Waals surface area contributed by atoms with Crippen LogP contribution in [0.1, 0.15) is 0 Å². The second kappa shape index (κ2) is 3.26. The van der Waals surface area contributed by atoms with E-state index in [9.17, 15) is 5.11 Å². The molecule has 0 aliphatic carbocycles. The fourth-order valence-corrected chi connectivity index (χ4v) is 2.57. The maximum absolute atomic E-state index is 9.73. The van der Waals surface area contributed by atoms with E-state index in [1.165, 1.54) is 0 Å². The zero-order valence-electron chi connectivity index (χ0n) is 9.55. The van der Waals surface area contributed by atoms with Crippen LogP contribution in [-0.2, 0) is 0 Å². The van der Waals surface area contributed by atoms with Crippen molar-refractivity contribution in [1.82, 2.24) is 0 Å². The summed E-state index contributed by atoms with van der Waals surface area (Å²) in [6.45, 7) is 0. The molecular formula is C16H10O2. The van der Waals surface area contributed by atoms with Crippen LogP contribution >= 0.6 is 0 Å². The van der Waals surface area contributed by atoms with Crippen molar-refractivity contribution in [2.75, 3.05) is 0 Å². The Morgan fingerprint density at radius 1 is 0.778 bits per heavy atom. The average Bonchev–Trinajstić information content (AvgIpc) is 2.38. The van der Waals surface area contributed by atoms with E-state index in [4.69, 9.17) is 4.74 Å². The molecule has 0 spiro atoms. The van der Waals surface area contributed by atoms with Crippen molar-refractivity contribution in [3.8, 4) is 28.4 Å². The first kappa shape index (κ1) is 9.54.